The van der Waals surface area contributed by atoms with Gasteiger partial charge in [-0.1, -0.05) is 214 Å². The second-order valence-electron chi connectivity index (χ2n) is 23.1. The number of hydrogen-bond donors (Lipinski definition) is 0. The molecule has 0 fully saturated rings. The first-order valence-corrected chi connectivity index (χ1v) is 33.3. The first-order valence-electron chi connectivity index (χ1n) is 33.3. The van der Waals surface area contributed by atoms with Gasteiger partial charge in [-0.05, 0) is 110 Å². The van der Waals surface area contributed by atoms with Crippen LogP contribution in [0.2, 0.25) is 0 Å². The van der Waals surface area contributed by atoms with Gasteiger partial charge < -0.3 is 41.9 Å². The van der Waals surface area contributed by atoms with Crippen LogP contribution >= 0.6 is 0 Å². The predicted molar refractivity (Wildman–Crippen MR) is 328 cm³/mol. The Hall–Kier alpha value is -0.900. The Morgan fingerprint density at radius 3 is 0.307 bits per heavy atom. The van der Waals surface area contributed by atoms with E-state index in [1.165, 1.54) is 328 Å². The van der Waals surface area contributed by atoms with Crippen LogP contribution in [0.25, 0.3) is 0 Å². The molecule has 75 heavy (non-hydrogen) atoms. The minimum atomic E-state index is -1.08. The van der Waals surface area contributed by atoms with Gasteiger partial charge in [-0.25, -0.2) is 0 Å². The lowest BCUT2D eigenvalue weighted by molar-refractivity contribution is -0.929. The van der Waals surface area contributed by atoms with Gasteiger partial charge >= 0.3 is 0 Å². The van der Waals surface area contributed by atoms with Crippen LogP contribution in [-0.4, -0.2) is 129 Å². The van der Waals surface area contributed by atoms with Crippen LogP contribution in [0.5, 0.6) is 0 Å². The molecule has 0 aliphatic rings. The maximum absolute atomic E-state index is 8.89. The highest BCUT2D eigenvalue weighted by Gasteiger charge is 2.28. The highest BCUT2D eigenvalue weighted by Crippen LogP contribution is 2.20. The van der Waals surface area contributed by atoms with E-state index in [9.17, 15) is 0 Å². The Morgan fingerprint density at radius 1 is 0.213 bits per heavy atom. The standard InChI is InChI=1S/4C16H36N.C2H4O2.3FH/c4*1-5-9-13-17(14-10-6-2,15-11-7-3)16-12-8-4;1-2(3)4;;;/h4*5-16H2,1-4H3;1H3,(H,3,4);3*1H/q4*+1;;;;/p-4. The molecule has 0 amide bonds. The summed E-state index contributed by atoms with van der Waals surface area (Å²) in [6.45, 7) is 61.0. The molecule has 0 saturated heterocycles. The molecular weight excluding hydrogens is 938 g/mol. The monoisotopic (exact) mass is 1090 g/mol. The molecule has 0 aromatic carbocycles. The van der Waals surface area contributed by atoms with Crippen molar-refractivity contribution in [3.05, 3.63) is 0 Å². The molecule has 0 aromatic rings. The summed E-state index contributed by atoms with van der Waals surface area (Å²) in [7, 11) is 0. The van der Waals surface area contributed by atoms with Crippen LogP contribution in [0.3, 0.4) is 0 Å². The number of carboxylic acids is 1. The Morgan fingerprint density at radius 2 is 0.267 bits per heavy atom. The Labute approximate surface area is 474 Å². The third-order valence-electron chi connectivity index (χ3n) is 15.8. The zero-order chi connectivity index (χ0) is 55.5. The van der Waals surface area contributed by atoms with Crippen molar-refractivity contribution >= 4 is 5.97 Å². The van der Waals surface area contributed by atoms with Crippen molar-refractivity contribution in [2.24, 2.45) is 0 Å². The summed E-state index contributed by atoms with van der Waals surface area (Å²) >= 11 is 0. The summed E-state index contributed by atoms with van der Waals surface area (Å²) in [6.07, 6.45) is 44.2. The van der Waals surface area contributed by atoms with Crippen LogP contribution in [0.1, 0.15) is 323 Å². The molecule has 0 radical (unpaired) electrons. The van der Waals surface area contributed by atoms with Gasteiger partial charge in [0.1, 0.15) is 0 Å². The van der Waals surface area contributed by atoms with E-state index in [-0.39, 0.29) is 14.1 Å². The molecule has 0 heterocycles. The molecule has 0 atom stereocenters. The van der Waals surface area contributed by atoms with Gasteiger partial charge in [-0.2, -0.15) is 0 Å². The summed E-state index contributed by atoms with van der Waals surface area (Å²) in [5.41, 5.74) is 0. The van der Waals surface area contributed by atoms with Crippen molar-refractivity contribution in [2.45, 2.75) is 323 Å². The summed E-state index contributed by atoms with van der Waals surface area (Å²) in [4.78, 5) is 8.89. The fraction of sp³-hybridized carbons (Fsp3) is 0.985. The first-order chi connectivity index (χ1) is 34.7. The minimum absolute atomic E-state index is 0. The maximum Gasteiger partial charge on any atom is 0.0786 e. The molecule has 0 bridgehead atoms. The van der Waals surface area contributed by atoms with E-state index >= 15 is 0 Å². The van der Waals surface area contributed by atoms with Crippen molar-refractivity contribution < 1.29 is 41.9 Å². The quantitative estimate of drug-likeness (QED) is 0.0570. The van der Waals surface area contributed by atoms with Gasteiger partial charge in [-0.15, -0.1) is 0 Å². The third kappa shape index (κ3) is 59.1. The van der Waals surface area contributed by atoms with E-state index < -0.39 is 5.97 Å². The highest BCUT2D eigenvalue weighted by molar-refractivity contribution is 5.60. The van der Waals surface area contributed by atoms with Gasteiger partial charge in [0.05, 0.1) is 105 Å². The van der Waals surface area contributed by atoms with E-state index in [4.69, 9.17) is 9.90 Å². The maximum atomic E-state index is 8.89. The first kappa shape index (κ1) is 90.6. The molecular formula is C66H147F3N4O2. The predicted octanol–water partition coefficient (Wildman–Crippen LogP) is 9.78. The van der Waals surface area contributed by atoms with Crippen molar-refractivity contribution in [3.63, 3.8) is 0 Å². The molecule has 0 aliphatic carbocycles. The number of aliphatic carboxylic acids is 1. The van der Waals surface area contributed by atoms with Crippen LogP contribution in [0.4, 0.5) is 0 Å². The Kier molecular flexibility index (Phi) is 83.6. The van der Waals surface area contributed by atoms with E-state index in [2.05, 4.69) is 111 Å². The molecule has 0 spiro atoms. The number of carbonyl (C=O) groups excluding carboxylic acids is 1. The van der Waals surface area contributed by atoms with Crippen LogP contribution in [-0.2, 0) is 4.79 Å². The Bertz CT molecular complexity index is 724. The van der Waals surface area contributed by atoms with Gasteiger partial charge in [-0.3, -0.25) is 0 Å². The molecule has 6 nitrogen and oxygen atoms in total. The number of carbonyl (C=O) groups is 1. The average Bonchev–Trinajstić information content (AvgIpc) is 3.39. The van der Waals surface area contributed by atoms with E-state index in [1.54, 1.807) is 0 Å². The lowest BCUT2D eigenvalue weighted by Gasteiger charge is -2.39. The average molecular weight is 1090 g/mol. The van der Waals surface area contributed by atoms with Crippen LogP contribution in [0, 0.1) is 0 Å². The molecule has 0 aromatic heterocycles. The molecule has 464 valence electrons. The van der Waals surface area contributed by atoms with Gasteiger partial charge in [0.25, 0.3) is 0 Å². The Balaban J connectivity index is -0.000000128. The van der Waals surface area contributed by atoms with E-state index in [0.29, 0.717) is 0 Å². The van der Waals surface area contributed by atoms with Crippen LogP contribution < -0.4 is 19.2 Å². The van der Waals surface area contributed by atoms with Crippen LogP contribution in [0.15, 0.2) is 0 Å². The normalized spacial score (nSPS) is 11.2. The number of quaternary nitrogens is 4. The second kappa shape index (κ2) is 69.2. The smallest absolute Gasteiger partial charge is 0.0786 e. The number of nitrogens with zero attached hydrogens (tertiary/aromatic N) is 4. The fourth-order valence-corrected chi connectivity index (χ4v) is 10.6. The van der Waals surface area contributed by atoms with Crippen molar-refractivity contribution in [1.82, 2.24) is 0 Å². The van der Waals surface area contributed by atoms with Gasteiger partial charge in [0.2, 0.25) is 0 Å². The summed E-state index contributed by atoms with van der Waals surface area (Å²) in [5.74, 6) is -1.08. The second-order valence-corrected chi connectivity index (χ2v) is 23.1. The minimum Gasteiger partial charge on any atom is -1.00 e. The van der Waals surface area contributed by atoms with E-state index in [1.807, 2.05) is 0 Å². The number of carboxylic acid groups (broad SMARTS) is 1. The lowest BCUT2D eigenvalue weighted by atomic mass is 10.1. The molecule has 0 N–H and O–H groups in total. The molecule has 0 rings (SSSR count). The molecule has 0 saturated carbocycles. The molecule has 9 heteroatoms. The zero-order valence-electron chi connectivity index (χ0n) is 55.2. The van der Waals surface area contributed by atoms with Crippen molar-refractivity contribution in [3.8, 4) is 0 Å². The molecule has 0 unspecified atom stereocenters. The van der Waals surface area contributed by atoms with Gasteiger partial charge in [0, 0.05) is 5.97 Å². The fourth-order valence-electron chi connectivity index (χ4n) is 10.6. The number of unbranched alkanes of at least 4 members (excludes halogenated alkanes) is 16. The largest absolute Gasteiger partial charge is 1.00 e. The molecule has 0 aliphatic heterocycles. The number of hydrogen-bond acceptors (Lipinski definition) is 2. The van der Waals surface area contributed by atoms with Crippen molar-refractivity contribution in [1.29, 1.82) is 0 Å². The topological polar surface area (TPSA) is 40.1 Å². The zero-order valence-corrected chi connectivity index (χ0v) is 55.2. The van der Waals surface area contributed by atoms with E-state index in [0.717, 1.165) is 6.92 Å². The SMILES string of the molecule is CC(=O)[O-].CCCC[N+](CCCC)(CCCC)CCCC.CCCC[N+](CCCC)(CCCC)CCCC.CCCC[N+](CCCC)(CCCC)CCCC.CCCC[N+](CCCC)(CCCC)CCCC.[F-].[F-].[F-]. The summed E-state index contributed by atoms with van der Waals surface area (Å²) in [6, 6.07) is 0. The highest BCUT2D eigenvalue weighted by atomic mass is 19.0. The summed E-state index contributed by atoms with van der Waals surface area (Å²) < 4.78 is 5.68. The number of halogens is 3. The summed E-state index contributed by atoms with van der Waals surface area (Å²) in [5, 5.41) is 8.89. The van der Waals surface area contributed by atoms with Gasteiger partial charge in [0.15, 0.2) is 0 Å². The third-order valence-corrected chi connectivity index (χ3v) is 15.8. The lowest BCUT2D eigenvalue weighted by Crippen LogP contribution is -3.00. The van der Waals surface area contributed by atoms with Crippen molar-refractivity contribution in [2.75, 3.05) is 105 Å². The number of rotatable bonds is 48.